The second-order valence-corrected chi connectivity index (χ2v) is 9.42. The van der Waals surface area contributed by atoms with Gasteiger partial charge in [-0.2, -0.15) is 0 Å². The number of allylic oxidation sites excluding steroid dienone is 1. The Balaban J connectivity index is 1.95. The van der Waals surface area contributed by atoms with Crippen molar-refractivity contribution in [1.29, 1.82) is 0 Å². The zero-order valence-corrected chi connectivity index (χ0v) is 20.6. The average molecular weight is 511 g/mol. The van der Waals surface area contributed by atoms with Crippen LogP contribution in [0.3, 0.4) is 0 Å². The van der Waals surface area contributed by atoms with E-state index in [1.807, 2.05) is 30.5 Å². The number of nitro benzene ring substituents is 1. The lowest BCUT2D eigenvalue weighted by atomic mass is 9.96. The predicted octanol–water partition coefficient (Wildman–Crippen LogP) is 2.50. The Labute approximate surface area is 207 Å². The van der Waals surface area contributed by atoms with Gasteiger partial charge in [0.1, 0.15) is 0 Å². The Bertz CT molecular complexity index is 1540. The highest BCUT2D eigenvalue weighted by molar-refractivity contribution is 7.98. The molecule has 11 heteroatoms. The molecule has 4 rings (SSSR count). The molecule has 0 N–H and O–H groups in total. The Morgan fingerprint density at radius 2 is 2.00 bits per heavy atom. The van der Waals surface area contributed by atoms with E-state index < -0.39 is 33.9 Å². The topological polar surface area (TPSA) is 127 Å². The van der Waals surface area contributed by atoms with Crippen LogP contribution in [0.1, 0.15) is 31.0 Å². The molecular formula is C24H20N3O6S2-. The first-order valence-corrected chi connectivity index (χ1v) is 12.6. The monoisotopic (exact) mass is 510 g/mol. The number of nitrogens with zero attached hydrogens (tertiary/aromatic N) is 3. The average Bonchev–Trinajstić information content (AvgIpc) is 3.13. The van der Waals surface area contributed by atoms with Gasteiger partial charge in [-0.15, -0.1) is 11.8 Å². The molecule has 35 heavy (non-hydrogen) atoms. The summed E-state index contributed by atoms with van der Waals surface area (Å²) >= 11 is 2.61. The van der Waals surface area contributed by atoms with Gasteiger partial charge in [-0.05, 0) is 55.2 Å². The van der Waals surface area contributed by atoms with Crippen molar-refractivity contribution in [3.8, 4) is 5.75 Å². The largest absolute Gasteiger partial charge is 0.867 e. The van der Waals surface area contributed by atoms with E-state index in [9.17, 15) is 24.8 Å². The number of benzene rings is 2. The number of rotatable bonds is 6. The Kier molecular flexibility index (Phi) is 6.90. The number of hydrogen-bond acceptors (Lipinski definition) is 9. The number of ether oxygens (including phenoxy) is 1. The standard InChI is InChI=1S/C24H21N3O6S2/c1-4-33-23(30)19-13(2)25-24-26(20(19)14-8-10-16(34-3)11-9-14)22(29)18(35-24)12-15-6-5-7-17(21(15)28)27(31)32/h5-12,20,28H,4H2,1-3H3/p-1/b18-12+/t20-/m0/s1. The van der Waals surface area contributed by atoms with Crippen LogP contribution in [0, 0.1) is 10.1 Å². The van der Waals surface area contributed by atoms with Gasteiger partial charge < -0.3 is 9.84 Å². The van der Waals surface area contributed by atoms with Crippen LogP contribution < -0.4 is 20.0 Å². The fourth-order valence-corrected chi connectivity index (χ4v) is 5.28. The van der Waals surface area contributed by atoms with E-state index in [2.05, 4.69) is 4.99 Å². The van der Waals surface area contributed by atoms with Gasteiger partial charge in [0.15, 0.2) is 4.80 Å². The molecule has 1 aromatic heterocycles. The van der Waals surface area contributed by atoms with Gasteiger partial charge in [0.05, 0.1) is 33.4 Å². The summed E-state index contributed by atoms with van der Waals surface area (Å²) in [6, 6.07) is 10.7. The van der Waals surface area contributed by atoms with Crippen molar-refractivity contribution in [2.75, 3.05) is 12.9 Å². The van der Waals surface area contributed by atoms with Crippen molar-refractivity contribution >= 4 is 40.8 Å². The maximum atomic E-state index is 13.6. The molecule has 180 valence electrons. The Hall–Kier alpha value is -3.70. The van der Waals surface area contributed by atoms with Crippen LogP contribution in [0.4, 0.5) is 5.69 Å². The molecule has 0 bridgehead atoms. The van der Waals surface area contributed by atoms with Crippen LogP contribution in [0.15, 0.2) is 68.4 Å². The number of hydrogen-bond donors (Lipinski definition) is 0. The van der Waals surface area contributed by atoms with E-state index >= 15 is 0 Å². The summed E-state index contributed by atoms with van der Waals surface area (Å²) in [4.78, 5) is 42.7. The van der Waals surface area contributed by atoms with Crippen molar-refractivity contribution in [2.24, 2.45) is 4.99 Å². The number of carbonyl (C=O) groups is 1. The van der Waals surface area contributed by atoms with Crippen LogP contribution in [-0.4, -0.2) is 28.3 Å². The first-order valence-electron chi connectivity index (χ1n) is 10.5. The summed E-state index contributed by atoms with van der Waals surface area (Å²) in [5.41, 5.74) is 0.364. The lowest BCUT2D eigenvalue weighted by Gasteiger charge is -2.24. The summed E-state index contributed by atoms with van der Waals surface area (Å²) < 4.78 is 6.85. The third kappa shape index (κ3) is 4.52. The molecule has 3 aromatic rings. The minimum atomic E-state index is -0.782. The van der Waals surface area contributed by atoms with E-state index in [4.69, 9.17) is 4.74 Å². The second kappa shape index (κ2) is 9.88. The third-order valence-corrected chi connectivity index (χ3v) is 7.18. The number of aromatic nitrogens is 1. The van der Waals surface area contributed by atoms with Crippen LogP contribution >= 0.6 is 23.1 Å². The molecule has 0 fully saturated rings. The fraction of sp³-hybridized carbons (Fsp3) is 0.208. The highest BCUT2D eigenvalue weighted by Gasteiger charge is 2.33. The van der Waals surface area contributed by atoms with E-state index in [-0.39, 0.29) is 22.3 Å². The van der Waals surface area contributed by atoms with E-state index in [0.29, 0.717) is 16.1 Å². The van der Waals surface area contributed by atoms with Crippen molar-refractivity contribution in [2.45, 2.75) is 24.8 Å². The fourth-order valence-electron chi connectivity index (χ4n) is 3.83. The van der Waals surface area contributed by atoms with E-state index in [1.165, 1.54) is 22.8 Å². The van der Waals surface area contributed by atoms with Gasteiger partial charge in [-0.25, -0.2) is 9.79 Å². The zero-order chi connectivity index (χ0) is 25.3. The van der Waals surface area contributed by atoms with Gasteiger partial charge in [-0.3, -0.25) is 19.5 Å². The maximum absolute atomic E-state index is 13.6. The Morgan fingerprint density at radius 3 is 2.63 bits per heavy atom. The lowest BCUT2D eigenvalue weighted by molar-refractivity contribution is -0.398. The van der Waals surface area contributed by atoms with Gasteiger partial charge in [0.25, 0.3) is 11.2 Å². The summed E-state index contributed by atoms with van der Waals surface area (Å²) in [5.74, 6) is -1.35. The van der Waals surface area contributed by atoms with E-state index in [0.717, 1.165) is 22.3 Å². The molecule has 2 aromatic carbocycles. The maximum Gasteiger partial charge on any atom is 0.338 e. The van der Waals surface area contributed by atoms with Crippen molar-refractivity contribution < 1.29 is 19.6 Å². The van der Waals surface area contributed by atoms with Gasteiger partial charge in [0, 0.05) is 11.0 Å². The summed E-state index contributed by atoms with van der Waals surface area (Å²) in [6.45, 7) is 3.55. The molecule has 0 saturated carbocycles. The number of para-hydroxylation sites is 1. The molecular weight excluding hydrogens is 490 g/mol. The van der Waals surface area contributed by atoms with Crippen molar-refractivity contribution in [3.63, 3.8) is 0 Å². The van der Waals surface area contributed by atoms with Gasteiger partial charge in [0.2, 0.25) is 0 Å². The molecule has 2 heterocycles. The van der Waals surface area contributed by atoms with Crippen LogP contribution in [-0.2, 0) is 9.53 Å². The molecule has 0 aliphatic carbocycles. The number of thioether (sulfide) groups is 1. The summed E-state index contributed by atoms with van der Waals surface area (Å²) in [7, 11) is 0. The minimum absolute atomic E-state index is 0.0201. The smallest absolute Gasteiger partial charge is 0.338 e. The molecule has 0 radical (unpaired) electrons. The zero-order valence-electron chi connectivity index (χ0n) is 19.0. The summed E-state index contributed by atoms with van der Waals surface area (Å²) in [6.07, 6.45) is 3.28. The molecule has 0 spiro atoms. The van der Waals surface area contributed by atoms with Gasteiger partial charge in [-0.1, -0.05) is 35.6 Å². The number of nitro groups is 1. The summed E-state index contributed by atoms with van der Waals surface area (Å²) in [5, 5.41) is 23.7. The number of carbonyl (C=O) groups excluding carboxylic acids is 1. The molecule has 0 saturated heterocycles. The highest BCUT2D eigenvalue weighted by Crippen LogP contribution is 2.32. The molecule has 0 amide bonds. The lowest BCUT2D eigenvalue weighted by Crippen LogP contribution is -2.39. The first kappa shape index (κ1) is 24.4. The second-order valence-electron chi connectivity index (χ2n) is 7.53. The van der Waals surface area contributed by atoms with Crippen molar-refractivity contribution in [1.82, 2.24) is 4.57 Å². The number of thiazole rings is 1. The molecule has 0 unspecified atom stereocenters. The molecule has 9 nitrogen and oxygen atoms in total. The minimum Gasteiger partial charge on any atom is -0.867 e. The Morgan fingerprint density at radius 1 is 1.29 bits per heavy atom. The predicted molar refractivity (Wildman–Crippen MR) is 131 cm³/mol. The first-order chi connectivity index (χ1) is 16.8. The number of esters is 1. The van der Waals surface area contributed by atoms with Crippen LogP contribution in [0.2, 0.25) is 0 Å². The molecule has 1 aliphatic rings. The molecule has 1 atom stereocenters. The molecule has 1 aliphatic heterocycles. The highest BCUT2D eigenvalue weighted by atomic mass is 32.2. The quantitative estimate of drug-likeness (QED) is 0.216. The normalized spacial score (nSPS) is 15.5. The van der Waals surface area contributed by atoms with Crippen molar-refractivity contribution in [3.05, 3.63) is 94.7 Å². The number of fused-ring (bicyclic) bond motifs is 1. The van der Waals surface area contributed by atoms with Crippen LogP contribution in [0.5, 0.6) is 5.75 Å². The van der Waals surface area contributed by atoms with E-state index in [1.54, 1.807) is 25.6 Å². The SMILES string of the molecule is CCOC(=O)C1=C(C)N=c2s/c(=C/c3cccc([N+](=O)[O-])c3[O-])c(=O)n2[C@H]1c1ccc(SC)cc1. The van der Waals surface area contributed by atoms with Crippen LogP contribution in [0.25, 0.3) is 6.08 Å². The third-order valence-electron chi connectivity index (χ3n) is 5.46. The van der Waals surface area contributed by atoms with Gasteiger partial charge >= 0.3 is 5.97 Å².